The van der Waals surface area contributed by atoms with Crippen molar-refractivity contribution in [2.75, 3.05) is 11.1 Å². The van der Waals surface area contributed by atoms with Gasteiger partial charge in [0.25, 0.3) is 0 Å². The van der Waals surface area contributed by atoms with Crippen molar-refractivity contribution in [3.05, 3.63) is 70.5 Å². The minimum atomic E-state index is -4.44. The summed E-state index contributed by atoms with van der Waals surface area (Å²) in [5, 5.41) is 3.75. The topological polar surface area (TPSA) is 46.9 Å². The van der Waals surface area contributed by atoms with Crippen molar-refractivity contribution in [1.82, 2.24) is 9.55 Å². The predicted octanol–water partition coefficient (Wildman–Crippen LogP) is 5.93. The largest absolute Gasteiger partial charge is 0.416 e. The molecule has 0 bridgehead atoms. The van der Waals surface area contributed by atoms with Gasteiger partial charge in [0.15, 0.2) is 5.16 Å². The van der Waals surface area contributed by atoms with Crippen LogP contribution in [-0.2, 0) is 11.0 Å². The van der Waals surface area contributed by atoms with Crippen molar-refractivity contribution in [1.29, 1.82) is 0 Å². The average molecular weight is 446 g/mol. The molecule has 0 aliphatic rings. The number of amides is 1. The molecule has 10 heteroatoms. The van der Waals surface area contributed by atoms with E-state index in [1.165, 1.54) is 35.2 Å². The lowest BCUT2D eigenvalue weighted by Crippen LogP contribution is -2.14. The fourth-order valence-corrected chi connectivity index (χ4v) is 3.40. The van der Waals surface area contributed by atoms with E-state index in [0.29, 0.717) is 26.6 Å². The third kappa shape index (κ3) is 5.01. The van der Waals surface area contributed by atoms with Crippen molar-refractivity contribution in [2.24, 2.45) is 0 Å². The van der Waals surface area contributed by atoms with Gasteiger partial charge in [0.05, 0.1) is 21.4 Å². The maximum absolute atomic E-state index is 12.9. The molecule has 0 fully saturated rings. The zero-order valence-electron chi connectivity index (χ0n) is 14.0. The zero-order valence-corrected chi connectivity index (χ0v) is 16.3. The van der Waals surface area contributed by atoms with E-state index in [0.717, 1.165) is 23.9 Å². The van der Waals surface area contributed by atoms with E-state index < -0.39 is 11.7 Å². The molecule has 1 amide bonds. The SMILES string of the molecule is O=C(CSc1nccn1-c1cccc(C(F)(F)F)c1)Nc1ccc(Cl)c(Cl)c1. The number of halogens is 5. The molecule has 3 aromatic rings. The highest BCUT2D eigenvalue weighted by Crippen LogP contribution is 2.31. The van der Waals surface area contributed by atoms with Crippen LogP contribution < -0.4 is 5.32 Å². The molecule has 0 saturated heterocycles. The lowest BCUT2D eigenvalue weighted by Gasteiger charge is -2.11. The van der Waals surface area contributed by atoms with E-state index in [4.69, 9.17) is 23.2 Å². The Balaban J connectivity index is 1.69. The van der Waals surface area contributed by atoms with E-state index in [9.17, 15) is 18.0 Å². The van der Waals surface area contributed by atoms with E-state index in [2.05, 4.69) is 10.3 Å². The number of hydrogen-bond donors (Lipinski definition) is 1. The fourth-order valence-electron chi connectivity index (χ4n) is 2.33. The summed E-state index contributed by atoms with van der Waals surface area (Å²) in [6, 6.07) is 9.59. The zero-order chi connectivity index (χ0) is 20.3. The van der Waals surface area contributed by atoms with Crippen LogP contribution in [0.25, 0.3) is 5.69 Å². The molecule has 0 aliphatic carbocycles. The Bertz CT molecular complexity index is 1010. The number of thioether (sulfide) groups is 1. The summed E-state index contributed by atoms with van der Waals surface area (Å²) in [5.74, 6) is -0.307. The van der Waals surface area contributed by atoms with Crippen LogP contribution in [0.5, 0.6) is 0 Å². The standard InChI is InChI=1S/C18H12Cl2F3N3OS/c19-14-5-4-12(9-15(14)20)25-16(27)10-28-17-24-6-7-26(17)13-3-1-2-11(8-13)18(21,22)23/h1-9H,10H2,(H,25,27). The number of benzene rings is 2. The van der Waals surface area contributed by atoms with Crippen molar-refractivity contribution in [2.45, 2.75) is 11.3 Å². The van der Waals surface area contributed by atoms with Gasteiger partial charge in [0.2, 0.25) is 5.91 Å². The highest BCUT2D eigenvalue weighted by Gasteiger charge is 2.30. The molecular formula is C18H12Cl2F3N3OS. The molecule has 28 heavy (non-hydrogen) atoms. The van der Waals surface area contributed by atoms with Gasteiger partial charge >= 0.3 is 6.18 Å². The quantitative estimate of drug-likeness (QED) is 0.495. The molecular weight excluding hydrogens is 434 g/mol. The Hall–Kier alpha value is -2.16. The summed E-state index contributed by atoms with van der Waals surface area (Å²) in [5.41, 5.74) is 0.0351. The smallest absolute Gasteiger partial charge is 0.325 e. The Morgan fingerprint density at radius 2 is 1.93 bits per heavy atom. The molecule has 0 radical (unpaired) electrons. The van der Waals surface area contributed by atoms with Crippen LogP contribution in [0, 0.1) is 0 Å². The van der Waals surface area contributed by atoms with Crippen LogP contribution in [-0.4, -0.2) is 21.2 Å². The van der Waals surface area contributed by atoms with Crippen LogP contribution in [0.3, 0.4) is 0 Å². The molecule has 0 spiro atoms. The molecule has 1 aromatic heterocycles. The first-order chi connectivity index (χ1) is 13.2. The highest BCUT2D eigenvalue weighted by molar-refractivity contribution is 7.99. The number of carbonyl (C=O) groups is 1. The fraction of sp³-hybridized carbons (Fsp3) is 0.111. The summed E-state index contributed by atoms with van der Waals surface area (Å²) < 4.78 is 40.3. The van der Waals surface area contributed by atoms with Crippen molar-refractivity contribution < 1.29 is 18.0 Å². The lowest BCUT2D eigenvalue weighted by atomic mass is 10.2. The molecule has 1 heterocycles. The van der Waals surface area contributed by atoms with Gasteiger partial charge in [-0.2, -0.15) is 13.2 Å². The number of hydrogen-bond acceptors (Lipinski definition) is 3. The van der Waals surface area contributed by atoms with Gasteiger partial charge in [0.1, 0.15) is 0 Å². The number of imidazole rings is 1. The molecule has 0 saturated carbocycles. The van der Waals surface area contributed by atoms with Gasteiger partial charge in [-0.25, -0.2) is 4.98 Å². The molecule has 0 aliphatic heterocycles. The van der Waals surface area contributed by atoms with Crippen molar-refractivity contribution in [3.63, 3.8) is 0 Å². The second-order valence-corrected chi connectivity index (χ2v) is 7.35. The molecule has 2 aromatic carbocycles. The van der Waals surface area contributed by atoms with Gasteiger partial charge in [-0.05, 0) is 36.4 Å². The Morgan fingerprint density at radius 1 is 1.14 bits per heavy atom. The molecule has 4 nitrogen and oxygen atoms in total. The van der Waals surface area contributed by atoms with E-state index >= 15 is 0 Å². The van der Waals surface area contributed by atoms with Crippen molar-refractivity contribution >= 4 is 46.6 Å². The molecule has 146 valence electrons. The average Bonchev–Trinajstić information content (AvgIpc) is 3.11. The number of anilines is 1. The first-order valence-electron chi connectivity index (χ1n) is 7.83. The second-order valence-electron chi connectivity index (χ2n) is 5.59. The van der Waals surface area contributed by atoms with Gasteiger partial charge in [0, 0.05) is 23.8 Å². The number of nitrogens with one attached hydrogen (secondary N) is 1. The number of aromatic nitrogens is 2. The third-order valence-electron chi connectivity index (χ3n) is 3.59. The van der Waals surface area contributed by atoms with Crippen LogP contribution in [0.15, 0.2) is 60.0 Å². The Morgan fingerprint density at radius 3 is 2.64 bits per heavy atom. The number of nitrogens with zero attached hydrogens (tertiary/aromatic N) is 2. The van der Waals surface area contributed by atoms with E-state index in [-0.39, 0.29) is 11.7 Å². The predicted molar refractivity (Wildman–Crippen MR) is 104 cm³/mol. The van der Waals surface area contributed by atoms with Crippen molar-refractivity contribution in [3.8, 4) is 5.69 Å². The first-order valence-corrected chi connectivity index (χ1v) is 9.57. The highest BCUT2D eigenvalue weighted by atomic mass is 35.5. The van der Waals surface area contributed by atoms with Gasteiger partial charge in [-0.1, -0.05) is 41.0 Å². The summed E-state index contributed by atoms with van der Waals surface area (Å²) in [6.07, 6.45) is -1.45. The molecule has 0 unspecified atom stereocenters. The van der Waals surface area contributed by atoms with Crippen LogP contribution in [0.1, 0.15) is 5.56 Å². The minimum Gasteiger partial charge on any atom is -0.325 e. The van der Waals surface area contributed by atoms with E-state index in [1.807, 2.05) is 0 Å². The van der Waals surface area contributed by atoms with E-state index in [1.54, 1.807) is 12.1 Å². The molecule has 0 atom stereocenters. The van der Waals surface area contributed by atoms with Gasteiger partial charge in [-0.3, -0.25) is 9.36 Å². The second kappa shape index (κ2) is 8.46. The molecule has 3 rings (SSSR count). The van der Waals surface area contributed by atoms with Crippen LogP contribution in [0.4, 0.5) is 18.9 Å². The summed E-state index contributed by atoms with van der Waals surface area (Å²) in [6.45, 7) is 0. The molecule has 1 N–H and O–H groups in total. The van der Waals surface area contributed by atoms with Crippen LogP contribution >= 0.6 is 35.0 Å². The summed E-state index contributed by atoms with van der Waals surface area (Å²) in [7, 11) is 0. The summed E-state index contributed by atoms with van der Waals surface area (Å²) in [4.78, 5) is 16.3. The number of carbonyl (C=O) groups excluding carboxylic acids is 1. The van der Waals surface area contributed by atoms with Gasteiger partial charge < -0.3 is 5.32 Å². The van der Waals surface area contributed by atoms with Gasteiger partial charge in [-0.15, -0.1) is 0 Å². The first kappa shape index (κ1) is 20.6. The minimum absolute atomic E-state index is 0.0101. The summed E-state index contributed by atoms with van der Waals surface area (Å²) >= 11 is 12.8. The number of alkyl halides is 3. The number of rotatable bonds is 5. The monoisotopic (exact) mass is 445 g/mol. The third-order valence-corrected chi connectivity index (χ3v) is 5.30. The Labute approximate surface area is 172 Å². The normalized spacial score (nSPS) is 11.5. The maximum Gasteiger partial charge on any atom is 0.416 e. The Kier molecular flexibility index (Phi) is 6.22. The van der Waals surface area contributed by atoms with Crippen LogP contribution in [0.2, 0.25) is 10.0 Å². The lowest BCUT2D eigenvalue weighted by molar-refractivity contribution is -0.137. The maximum atomic E-state index is 12.9.